The van der Waals surface area contributed by atoms with Crippen LogP contribution in [0.1, 0.15) is 30.4 Å². The molecule has 0 amide bonds. The maximum atomic E-state index is 6.23. The van der Waals surface area contributed by atoms with E-state index in [1.54, 1.807) is 0 Å². The molecule has 1 fully saturated rings. The van der Waals surface area contributed by atoms with Crippen molar-refractivity contribution in [2.45, 2.75) is 38.6 Å². The standard InChI is InChI=1S/C15H24N2/c1-13-5-7-14(8-6-13)11-15(16)12-17-9-3-2-4-10-17/h5-8,15H,2-4,9-12,16H2,1H3. The number of likely N-dealkylation sites (tertiary alicyclic amines) is 1. The molecule has 94 valence electrons. The fourth-order valence-electron chi connectivity index (χ4n) is 2.57. The van der Waals surface area contributed by atoms with Gasteiger partial charge in [-0.1, -0.05) is 36.2 Å². The Morgan fingerprint density at radius 1 is 1.12 bits per heavy atom. The van der Waals surface area contributed by atoms with Crippen LogP contribution in [0.3, 0.4) is 0 Å². The van der Waals surface area contributed by atoms with Gasteiger partial charge >= 0.3 is 0 Å². The van der Waals surface area contributed by atoms with Gasteiger partial charge in [0.2, 0.25) is 0 Å². The van der Waals surface area contributed by atoms with E-state index in [9.17, 15) is 0 Å². The molecule has 0 radical (unpaired) electrons. The van der Waals surface area contributed by atoms with Crippen molar-refractivity contribution in [3.05, 3.63) is 35.4 Å². The highest BCUT2D eigenvalue weighted by Crippen LogP contribution is 2.10. The lowest BCUT2D eigenvalue weighted by Gasteiger charge is -2.29. The molecule has 0 spiro atoms. The second-order valence-electron chi connectivity index (χ2n) is 5.31. The maximum Gasteiger partial charge on any atom is 0.0208 e. The Hall–Kier alpha value is -0.860. The van der Waals surface area contributed by atoms with Crippen LogP contribution in [-0.2, 0) is 6.42 Å². The van der Waals surface area contributed by atoms with Gasteiger partial charge in [-0.3, -0.25) is 0 Å². The van der Waals surface area contributed by atoms with Crippen LogP contribution in [0.15, 0.2) is 24.3 Å². The van der Waals surface area contributed by atoms with Crippen LogP contribution < -0.4 is 5.73 Å². The molecule has 0 saturated carbocycles. The van der Waals surface area contributed by atoms with Crippen molar-refractivity contribution < 1.29 is 0 Å². The minimum Gasteiger partial charge on any atom is -0.326 e. The summed E-state index contributed by atoms with van der Waals surface area (Å²) in [6.07, 6.45) is 5.08. The van der Waals surface area contributed by atoms with Crippen LogP contribution in [0, 0.1) is 6.92 Å². The zero-order valence-electron chi connectivity index (χ0n) is 10.9. The molecule has 1 atom stereocenters. The van der Waals surface area contributed by atoms with Crippen molar-refractivity contribution in [3.63, 3.8) is 0 Å². The first-order valence-corrected chi connectivity index (χ1v) is 6.77. The van der Waals surface area contributed by atoms with Crippen molar-refractivity contribution in [1.29, 1.82) is 0 Å². The van der Waals surface area contributed by atoms with Crippen LogP contribution in [0.4, 0.5) is 0 Å². The van der Waals surface area contributed by atoms with Crippen molar-refractivity contribution in [2.24, 2.45) is 5.73 Å². The molecule has 2 nitrogen and oxygen atoms in total. The molecule has 2 N–H and O–H groups in total. The first-order valence-electron chi connectivity index (χ1n) is 6.77. The minimum absolute atomic E-state index is 0.274. The van der Waals surface area contributed by atoms with E-state index in [1.807, 2.05) is 0 Å². The van der Waals surface area contributed by atoms with E-state index in [4.69, 9.17) is 5.73 Å². The zero-order chi connectivity index (χ0) is 12.1. The van der Waals surface area contributed by atoms with Crippen LogP contribution >= 0.6 is 0 Å². The van der Waals surface area contributed by atoms with Crippen molar-refractivity contribution >= 4 is 0 Å². The SMILES string of the molecule is Cc1ccc(CC(N)CN2CCCCC2)cc1. The van der Waals surface area contributed by atoms with E-state index >= 15 is 0 Å². The quantitative estimate of drug-likeness (QED) is 0.863. The van der Waals surface area contributed by atoms with E-state index in [1.165, 1.54) is 43.5 Å². The van der Waals surface area contributed by atoms with Gasteiger partial charge in [0.1, 0.15) is 0 Å². The number of nitrogens with zero attached hydrogens (tertiary/aromatic N) is 1. The van der Waals surface area contributed by atoms with Gasteiger partial charge in [-0.15, -0.1) is 0 Å². The van der Waals surface area contributed by atoms with E-state index in [2.05, 4.69) is 36.1 Å². The highest BCUT2D eigenvalue weighted by molar-refractivity contribution is 5.22. The lowest BCUT2D eigenvalue weighted by atomic mass is 10.0. The Balaban J connectivity index is 1.79. The van der Waals surface area contributed by atoms with Crippen LogP contribution in [0.25, 0.3) is 0 Å². The number of aryl methyl sites for hydroxylation is 1. The average Bonchev–Trinajstić information content (AvgIpc) is 2.33. The summed E-state index contributed by atoms with van der Waals surface area (Å²) in [6, 6.07) is 9.01. The third-order valence-electron chi connectivity index (χ3n) is 3.56. The molecule has 0 bridgehead atoms. The smallest absolute Gasteiger partial charge is 0.0208 e. The summed E-state index contributed by atoms with van der Waals surface area (Å²) in [5.41, 5.74) is 8.91. The second-order valence-corrected chi connectivity index (χ2v) is 5.31. The Morgan fingerprint density at radius 3 is 2.41 bits per heavy atom. The van der Waals surface area contributed by atoms with Crippen molar-refractivity contribution in [3.8, 4) is 0 Å². The van der Waals surface area contributed by atoms with Gasteiger partial charge < -0.3 is 10.6 Å². The van der Waals surface area contributed by atoms with Gasteiger partial charge in [0, 0.05) is 12.6 Å². The van der Waals surface area contributed by atoms with Crippen LogP contribution in [0.5, 0.6) is 0 Å². The summed E-state index contributed by atoms with van der Waals surface area (Å²) < 4.78 is 0. The molecule has 0 aliphatic carbocycles. The first kappa shape index (κ1) is 12.6. The third kappa shape index (κ3) is 4.14. The summed E-state index contributed by atoms with van der Waals surface area (Å²) in [4.78, 5) is 2.52. The fraction of sp³-hybridized carbons (Fsp3) is 0.600. The van der Waals surface area contributed by atoms with Gasteiger partial charge in [-0.25, -0.2) is 0 Å². The van der Waals surface area contributed by atoms with E-state index < -0.39 is 0 Å². The Morgan fingerprint density at radius 2 is 1.76 bits per heavy atom. The molecule has 0 aromatic heterocycles. The number of benzene rings is 1. The Bertz CT molecular complexity index is 325. The Labute approximate surface area is 105 Å². The molecule has 2 heteroatoms. The van der Waals surface area contributed by atoms with E-state index in [-0.39, 0.29) is 6.04 Å². The molecule has 1 unspecified atom stereocenters. The molecule has 1 aliphatic rings. The highest BCUT2D eigenvalue weighted by atomic mass is 15.1. The van der Waals surface area contributed by atoms with Gasteiger partial charge in [-0.05, 0) is 44.8 Å². The maximum absolute atomic E-state index is 6.23. The largest absolute Gasteiger partial charge is 0.326 e. The molecule has 1 saturated heterocycles. The molecular formula is C15H24N2. The minimum atomic E-state index is 0.274. The fourth-order valence-corrected chi connectivity index (χ4v) is 2.57. The summed E-state index contributed by atoms with van der Waals surface area (Å²) in [6.45, 7) is 5.65. The molecule has 17 heavy (non-hydrogen) atoms. The number of nitrogens with two attached hydrogens (primary N) is 1. The number of hydrogen-bond acceptors (Lipinski definition) is 2. The molecule has 1 aromatic rings. The van der Waals surface area contributed by atoms with E-state index in [0.29, 0.717) is 0 Å². The van der Waals surface area contributed by atoms with E-state index in [0.717, 1.165) is 13.0 Å². The van der Waals surface area contributed by atoms with Crippen molar-refractivity contribution in [2.75, 3.05) is 19.6 Å². The Kier molecular flexibility index (Phi) is 4.57. The summed E-state index contributed by atoms with van der Waals surface area (Å²) in [5.74, 6) is 0. The third-order valence-corrected chi connectivity index (χ3v) is 3.56. The highest BCUT2D eigenvalue weighted by Gasteiger charge is 2.13. The average molecular weight is 232 g/mol. The van der Waals surface area contributed by atoms with Gasteiger partial charge in [0.15, 0.2) is 0 Å². The summed E-state index contributed by atoms with van der Waals surface area (Å²) in [5, 5.41) is 0. The van der Waals surface area contributed by atoms with Crippen LogP contribution in [0.2, 0.25) is 0 Å². The molecular weight excluding hydrogens is 208 g/mol. The van der Waals surface area contributed by atoms with Gasteiger partial charge in [0.25, 0.3) is 0 Å². The zero-order valence-corrected chi connectivity index (χ0v) is 10.9. The summed E-state index contributed by atoms with van der Waals surface area (Å²) >= 11 is 0. The second kappa shape index (κ2) is 6.18. The lowest BCUT2D eigenvalue weighted by molar-refractivity contribution is 0.215. The number of piperidine rings is 1. The monoisotopic (exact) mass is 232 g/mol. The van der Waals surface area contributed by atoms with Crippen molar-refractivity contribution in [1.82, 2.24) is 4.90 Å². The summed E-state index contributed by atoms with van der Waals surface area (Å²) in [7, 11) is 0. The lowest BCUT2D eigenvalue weighted by Crippen LogP contribution is -2.41. The number of hydrogen-bond donors (Lipinski definition) is 1. The molecule has 2 rings (SSSR count). The van der Waals surface area contributed by atoms with Gasteiger partial charge in [0.05, 0.1) is 0 Å². The van der Waals surface area contributed by atoms with Gasteiger partial charge in [-0.2, -0.15) is 0 Å². The molecule has 1 aromatic carbocycles. The van der Waals surface area contributed by atoms with Crippen LogP contribution in [-0.4, -0.2) is 30.6 Å². The normalized spacial score (nSPS) is 19.2. The first-order chi connectivity index (χ1) is 8.24. The predicted octanol–water partition coefficient (Wildman–Crippen LogP) is 2.35. The topological polar surface area (TPSA) is 29.3 Å². The predicted molar refractivity (Wildman–Crippen MR) is 73.1 cm³/mol. The number of rotatable bonds is 4. The molecule has 1 heterocycles. The molecule has 1 aliphatic heterocycles.